The Morgan fingerprint density at radius 2 is 1.88 bits per heavy atom. The zero-order chi connectivity index (χ0) is 12.1. The summed E-state index contributed by atoms with van der Waals surface area (Å²) in [4.78, 5) is 0. The van der Waals surface area contributed by atoms with E-state index in [4.69, 9.17) is 11.6 Å². The number of nitrogens with one attached hydrogen (secondary N) is 1. The van der Waals surface area contributed by atoms with Crippen LogP contribution in [0.5, 0.6) is 0 Å². The highest BCUT2D eigenvalue weighted by atomic mass is 35.5. The van der Waals surface area contributed by atoms with Gasteiger partial charge in [-0.2, -0.15) is 5.10 Å². The van der Waals surface area contributed by atoms with Gasteiger partial charge in [0.1, 0.15) is 0 Å². The van der Waals surface area contributed by atoms with E-state index in [0.717, 1.165) is 21.8 Å². The Kier molecular flexibility index (Phi) is 3.78. The first-order valence-electron chi connectivity index (χ1n) is 5.35. The summed E-state index contributed by atoms with van der Waals surface area (Å²) in [6.07, 6.45) is 1.76. The maximum Gasteiger partial charge on any atom is 0.0561 e. The second-order valence-electron chi connectivity index (χ2n) is 3.80. The van der Waals surface area contributed by atoms with Gasteiger partial charge < -0.3 is 0 Å². The largest absolute Gasteiger partial charge is 0.279 e. The lowest BCUT2D eigenvalue weighted by atomic mass is 10.1. The monoisotopic (exact) mass is 244 g/mol. The molecule has 0 fully saturated rings. The highest BCUT2D eigenvalue weighted by Gasteiger charge is 1.93. The van der Waals surface area contributed by atoms with Gasteiger partial charge in [-0.1, -0.05) is 35.9 Å². The van der Waals surface area contributed by atoms with Crippen LogP contribution < -0.4 is 5.43 Å². The van der Waals surface area contributed by atoms with Gasteiger partial charge in [0, 0.05) is 5.02 Å². The predicted octanol–water partition coefficient (Wildman–Crippen LogP) is 4.09. The fourth-order valence-electron chi connectivity index (χ4n) is 1.53. The van der Waals surface area contributed by atoms with Gasteiger partial charge in [-0.15, -0.1) is 0 Å². The number of para-hydroxylation sites is 1. The zero-order valence-corrected chi connectivity index (χ0v) is 10.3. The minimum Gasteiger partial charge on any atom is -0.279 e. The van der Waals surface area contributed by atoms with E-state index in [1.165, 1.54) is 0 Å². The van der Waals surface area contributed by atoms with Crippen LogP contribution in [0.15, 0.2) is 53.6 Å². The number of nitrogens with zero attached hydrogens (tertiary/aromatic N) is 1. The summed E-state index contributed by atoms with van der Waals surface area (Å²) >= 11 is 5.96. The van der Waals surface area contributed by atoms with Gasteiger partial charge in [0.25, 0.3) is 0 Å². The molecule has 0 atom stereocenters. The van der Waals surface area contributed by atoms with E-state index in [1.807, 2.05) is 55.5 Å². The van der Waals surface area contributed by atoms with Crippen molar-refractivity contribution in [1.82, 2.24) is 0 Å². The first kappa shape index (κ1) is 11.7. The van der Waals surface area contributed by atoms with Crippen molar-refractivity contribution < 1.29 is 0 Å². The molecule has 0 aliphatic heterocycles. The molecule has 0 aromatic heterocycles. The van der Waals surface area contributed by atoms with Crippen LogP contribution >= 0.6 is 11.6 Å². The molecule has 17 heavy (non-hydrogen) atoms. The number of hydrogen-bond acceptors (Lipinski definition) is 2. The van der Waals surface area contributed by atoms with E-state index < -0.39 is 0 Å². The molecule has 0 aliphatic carbocycles. The van der Waals surface area contributed by atoms with Gasteiger partial charge in [-0.3, -0.25) is 5.43 Å². The topological polar surface area (TPSA) is 24.4 Å². The second-order valence-corrected chi connectivity index (χ2v) is 4.23. The van der Waals surface area contributed by atoms with Gasteiger partial charge in [0.05, 0.1) is 11.9 Å². The van der Waals surface area contributed by atoms with Crippen LogP contribution in [0.3, 0.4) is 0 Å². The smallest absolute Gasteiger partial charge is 0.0561 e. The van der Waals surface area contributed by atoms with Crippen molar-refractivity contribution >= 4 is 23.5 Å². The summed E-state index contributed by atoms with van der Waals surface area (Å²) in [5.41, 5.74) is 6.03. The predicted molar refractivity (Wildman–Crippen MR) is 73.8 cm³/mol. The fourth-order valence-corrected chi connectivity index (χ4v) is 1.83. The first-order chi connectivity index (χ1) is 8.24. The lowest BCUT2D eigenvalue weighted by Crippen LogP contribution is -1.90. The summed E-state index contributed by atoms with van der Waals surface area (Å²) in [5, 5.41) is 4.89. The SMILES string of the molecule is Cc1cc(Cl)cc(/C=N/Nc2ccccc2)c1. The Morgan fingerprint density at radius 1 is 1.12 bits per heavy atom. The summed E-state index contributed by atoms with van der Waals surface area (Å²) in [7, 11) is 0. The van der Waals surface area contributed by atoms with Crippen LogP contribution in [0, 0.1) is 6.92 Å². The Bertz CT molecular complexity index is 501. The fraction of sp³-hybridized carbons (Fsp3) is 0.0714. The molecule has 0 aliphatic rings. The molecular formula is C14H13ClN2. The van der Waals surface area contributed by atoms with Crippen LogP contribution in [-0.4, -0.2) is 6.21 Å². The third kappa shape index (κ3) is 3.61. The Hall–Kier alpha value is -1.80. The van der Waals surface area contributed by atoms with Crippen LogP contribution in [-0.2, 0) is 0 Å². The molecule has 3 heteroatoms. The van der Waals surface area contributed by atoms with Crippen LogP contribution in [0.25, 0.3) is 0 Å². The third-order valence-electron chi connectivity index (χ3n) is 2.25. The zero-order valence-electron chi connectivity index (χ0n) is 9.52. The molecule has 1 N–H and O–H groups in total. The number of hydrazone groups is 1. The molecular weight excluding hydrogens is 232 g/mol. The average Bonchev–Trinajstić information content (AvgIpc) is 2.29. The Labute approximate surface area is 106 Å². The van der Waals surface area contributed by atoms with Crippen LogP contribution in [0.1, 0.15) is 11.1 Å². The quantitative estimate of drug-likeness (QED) is 0.638. The van der Waals surface area contributed by atoms with E-state index in [1.54, 1.807) is 6.21 Å². The minimum absolute atomic E-state index is 0.728. The number of rotatable bonds is 3. The molecule has 2 nitrogen and oxygen atoms in total. The maximum atomic E-state index is 5.96. The van der Waals surface area contributed by atoms with Gasteiger partial charge >= 0.3 is 0 Å². The molecule has 0 heterocycles. The molecule has 0 spiro atoms. The molecule has 2 aromatic rings. The highest BCUT2D eigenvalue weighted by molar-refractivity contribution is 6.30. The molecule has 0 saturated heterocycles. The van der Waals surface area contributed by atoms with Gasteiger partial charge in [0.15, 0.2) is 0 Å². The highest BCUT2D eigenvalue weighted by Crippen LogP contribution is 2.13. The average molecular weight is 245 g/mol. The Morgan fingerprint density at radius 3 is 2.59 bits per heavy atom. The van der Waals surface area contributed by atoms with Crippen molar-refractivity contribution in [1.29, 1.82) is 0 Å². The van der Waals surface area contributed by atoms with E-state index in [9.17, 15) is 0 Å². The number of anilines is 1. The Balaban J connectivity index is 2.06. The molecule has 0 amide bonds. The summed E-state index contributed by atoms with van der Waals surface area (Å²) in [5.74, 6) is 0. The van der Waals surface area contributed by atoms with Crippen molar-refractivity contribution in [3.05, 3.63) is 64.7 Å². The number of aryl methyl sites for hydroxylation is 1. The van der Waals surface area contributed by atoms with Crippen molar-refractivity contribution in [3.63, 3.8) is 0 Å². The normalized spacial score (nSPS) is 10.7. The van der Waals surface area contributed by atoms with Crippen LogP contribution in [0.2, 0.25) is 5.02 Å². The number of halogens is 1. The molecule has 0 saturated carbocycles. The summed E-state index contributed by atoms with van der Waals surface area (Å²) < 4.78 is 0. The van der Waals surface area contributed by atoms with Crippen molar-refractivity contribution in [3.8, 4) is 0 Å². The van der Waals surface area contributed by atoms with E-state index in [2.05, 4.69) is 10.5 Å². The van der Waals surface area contributed by atoms with Crippen molar-refractivity contribution in [2.24, 2.45) is 5.10 Å². The lowest BCUT2D eigenvalue weighted by Gasteiger charge is -2.00. The maximum absolute atomic E-state index is 5.96. The van der Waals surface area contributed by atoms with Crippen molar-refractivity contribution in [2.45, 2.75) is 6.92 Å². The number of hydrogen-bond donors (Lipinski definition) is 1. The molecule has 0 bridgehead atoms. The van der Waals surface area contributed by atoms with Crippen molar-refractivity contribution in [2.75, 3.05) is 5.43 Å². The van der Waals surface area contributed by atoms with Gasteiger partial charge in [0.2, 0.25) is 0 Å². The minimum atomic E-state index is 0.728. The van der Waals surface area contributed by atoms with E-state index >= 15 is 0 Å². The standard InChI is InChI=1S/C14H13ClN2/c1-11-7-12(9-13(15)8-11)10-16-17-14-5-3-2-4-6-14/h2-10,17H,1H3/b16-10+. The van der Waals surface area contributed by atoms with E-state index in [0.29, 0.717) is 0 Å². The lowest BCUT2D eigenvalue weighted by molar-refractivity contribution is 1.35. The molecule has 2 aromatic carbocycles. The second kappa shape index (κ2) is 5.51. The van der Waals surface area contributed by atoms with Crippen LogP contribution in [0.4, 0.5) is 5.69 Å². The molecule has 0 radical (unpaired) electrons. The summed E-state index contributed by atoms with van der Waals surface area (Å²) in [6.45, 7) is 2.01. The molecule has 0 unspecified atom stereocenters. The van der Waals surface area contributed by atoms with E-state index in [-0.39, 0.29) is 0 Å². The number of benzene rings is 2. The summed E-state index contributed by atoms with van der Waals surface area (Å²) in [6, 6.07) is 15.6. The van der Waals surface area contributed by atoms with Gasteiger partial charge in [-0.25, -0.2) is 0 Å². The molecule has 86 valence electrons. The van der Waals surface area contributed by atoms with Gasteiger partial charge in [-0.05, 0) is 42.3 Å². The molecule has 2 rings (SSSR count). The first-order valence-corrected chi connectivity index (χ1v) is 5.73. The third-order valence-corrected chi connectivity index (χ3v) is 2.46.